The lowest BCUT2D eigenvalue weighted by molar-refractivity contribution is -0.138. The molecule has 3 N–H and O–H groups in total. The Morgan fingerprint density at radius 1 is 1.10 bits per heavy atom. The van der Waals surface area contributed by atoms with Gasteiger partial charge in [-0.3, -0.25) is 4.90 Å². The van der Waals surface area contributed by atoms with Gasteiger partial charge in [-0.2, -0.15) is 13.2 Å². The third kappa shape index (κ3) is 4.78. The number of rotatable bonds is 4. The lowest BCUT2D eigenvalue weighted by atomic mass is 9.98. The van der Waals surface area contributed by atoms with Gasteiger partial charge in [-0.25, -0.2) is 0 Å². The fourth-order valence-corrected chi connectivity index (χ4v) is 2.66. The Bertz CT molecular complexity index is 454. The van der Waals surface area contributed by atoms with Crippen LogP contribution in [0.3, 0.4) is 0 Å². The van der Waals surface area contributed by atoms with Crippen LogP contribution < -0.4 is 5.32 Å². The van der Waals surface area contributed by atoms with Crippen LogP contribution in [-0.2, 0) is 0 Å². The maximum Gasteiger partial charge on any atom is 0.389 e. The van der Waals surface area contributed by atoms with Crippen molar-refractivity contribution >= 4 is 0 Å². The zero-order chi connectivity index (χ0) is 15.5. The topological polar surface area (TPSA) is 55.7 Å². The fraction of sp³-hybridized carbons (Fsp3) is 0.571. The van der Waals surface area contributed by atoms with Gasteiger partial charge in [-0.15, -0.1) is 0 Å². The van der Waals surface area contributed by atoms with Gasteiger partial charge >= 0.3 is 6.18 Å². The van der Waals surface area contributed by atoms with Crippen LogP contribution in [0.2, 0.25) is 0 Å². The van der Waals surface area contributed by atoms with Crippen molar-refractivity contribution < 1.29 is 23.4 Å². The molecule has 0 saturated carbocycles. The Balaban J connectivity index is 2.21. The lowest BCUT2D eigenvalue weighted by Crippen LogP contribution is -2.45. The van der Waals surface area contributed by atoms with Crippen LogP contribution in [0.1, 0.15) is 24.4 Å². The van der Waals surface area contributed by atoms with E-state index in [4.69, 9.17) is 0 Å². The average Bonchev–Trinajstić information content (AvgIpc) is 2.37. The molecular weight excluding hydrogens is 285 g/mol. The van der Waals surface area contributed by atoms with Crippen LogP contribution in [0.5, 0.6) is 11.5 Å². The molecule has 118 valence electrons. The van der Waals surface area contributed by atoms with Gasteiger partial charge < -0.3 is 15.5 Å². The maximum atomic E-state index is 12.5. The van der Waals surface area contributed by atoms with E-state index < -0.39 is 18.6 Å². The van der Waals surface area contributed by atoms with Crippen molar-refractivity contribution in [3.8, 4) is 11.5 Å². The fourth-order valence-electron chi connectivity index (χ4n) is 2.66. The van der Waals surface area contributed by atoms with Gasteiger partial charge in [0.2, 0.25) is 0 Å². The van der Waals surface area contributed by atoms with E-state index in [1.807, 2.05) is 4.90 Å². The number of hydrogen-bond donors (Lipinski definition) is 3. The number of benzene rings is 1. The van der Waals surface area contributed by atoms with Gasteiger partial charge in [0, 0.05) is 44.7 Å². The van der Waals surface area contributed by atoms with Crippen LogP contribution in [0, 0.1) is 0 Å². The maximum absolute atomic E-state index is 12.5. The number of nitrogens with zero attached hydrogens (tertiary/aromatic N) is 1. The van der Waals surface area contributed by atoms with Gasteiger partial charge in [-0.1, -0.05) is 0 Å². The quantitative estimate of drug-likeness (QED) is 0.799. The summed E-state index contributed by atoms with van der Waals surface area (Å²) in [5.74, 6) is -0.283. The summed E-state index contributed by atoms with van der Waals surface area (Å²) < 4.78 is 37.6. The summed E-state index contributed by atoms with van der Waals surface area (Å²) in [6, 6.07) is 3.54. The molecule has 0 amide bonds. The third-order valence-corrected chi connectivity index (χ3v) is 3.60. The summed E-state index contributed by atoms with van der Waals surface area (Å²) in [7, 11) is 0. The van der Waals surface area contributed by atoms with Crippen molar-refractivity contribution in [2.45, 2.75) is 25.1 Å². The summed E-state index contributed by atoms with van der Waals surface area (Å²) in [5.41, 5.74) is 0.513. The summed E-state index contributed by atoms with van der Waals surface area (Å²) in [6.45, 7) is 2.71. The second-order valence-electron chi connectivity index (χ2n) is 5.24. The van der Waals surface area contributed by atoms with Crippen LogP contribution in [0.4, 0.5) is 13.2 Å². The predicted molar refractivity (Wildman–Crippen MR) is 72.2 cm³/mol. The molecule has 0 aromatic heterocycles. The number of phenols is 2. The Labute approximate surface area is 121 Å². The van der Waals surface area contributed by atoms with Crippen molar-refractivity contribution in [2.75, 3.05) is 26.2 Å². The standard InChI is InChI=1S/C14H19F3N2O2/c15-14(16,17)2-1-13(19-5-3-18-4-6-19)10-7-11(20)9-12(21)8-10/h7-9,13,18,20-21H,1-6H2/t13-/m0/s1. The van der Waals surface area contributed by atoms with E-state index in [-0.39, 0.29) is 17.9 Å². The van der Waals surface area contributed by atoms with E-state index in [9.17, 15) is 23.4 Å². The van der Waals surface area contributed by atoms with Crippen LogP contribution >= 0.6 is 0 Å². The molecule has 4 nitrogen and oxygen atoms in total. The minimum atomic E-state index is -4.22. The van der Waals surface area contributed by atoms with Gasteiger partial charge in [0.1, 0.15) is 11.5 Å². The molecule has 1 fully saturated rings. The van der Waals surface area contributed by atoms with Crippen molar-refractivity contribution in [3.05, 3.63) is 23.8 Å². The molecule has 0 radical (unpaired) electrons. The minimum Gasteiger partial charge on any atom is -0.508 e. The average molecular weight is 304 g/mol. The Kier molecular flexibility index (Phi) is 4.95. The number of phenolic OH excluding ortho intramolecular Hbond substituents is 2. The SMILES string of the molecule is Oc1cc(O)cc([C@H](CCC(F)(F)F)N2CCNCC2)c1. The molecule has 21 heavy (non-hydrogen) atoms. The smallest absolute Gasteiger partial charge is 0.389 e. The first kappa shape index (κ1) is 15.9. The largest absolute Gasteiger partial charge is 0.508 e. The Hall–Kier alpha value is -1.47. The van der Waals surface area contributed by atoms with E-state index in [0.29, 0.717) is 31.7 Å². The van der Waals surface area contributed by atoms with Crippen molar-refractivity contribution in [3.63, 3.8) is 0 Å². The van der Waals surface area contributed by atoms with Gasteiger partial charge in [-0.05, 0) is 24.1 Å². The van der Waals surface area contributed by atoms with E-state index in [0.717, 1.165) is 0 Å². The van der Waals surface area contributed by atoms with E-state index in [1.54, 1.807) is 0 Å². The van der Waals surface area contributed by atoms with Crippen molar-refractivity contribution in [1.82, 2.24) is 10.2 Å². The molecule has 1 aromatic carbocycles. The molecule has 1 aromatic rings. The van der Waals surface area contributed by atoms with E-state index in [2.05, 4.69) is 5.32 Å². The predicted octanol–water partition coefficient (Wildman–Crippen LogP) is 2.39. The minimum absolute atomic E-state index is 0.0909. The summed E-state index contributed by atoms with van der Waals surface area (Å²) in [5, 5.41) is 22.3. The highest BCUT2D eigenvalue weighted by Crippen LogP contribution is 2.34. The third-order valence-electron chi connectivity index (χ3n) is 3.60. The molecule has 7 heteroatoms. The highest BCUT2D eigenvalue weighted by atomic mass is 19.4. The van der Waals surface area contributed by atoms with Gasteiger partial charge in [0.25, 0.3) is 0 Å². The van der Waals surface area contributed by atoms with Crippen molar-refractivity contribution in [2.24, 2.45) is 0 Å². The molecule has 1 aliphatic rings. The van der Waals surface area contributed by atoms with Crippen LogP contribution in [0.25, 0.3) is 0 Å². The second kappa shape index (κ2) is 6.53. The molecule has 2 rings (SSSR count). The normalized spacial score (nSPS) is 18.6. The lowest BCUT2D eigenvalue weighted by Gasteiger charge is -2.35. The molecule has 0 spiro atoms. The molecule has 1 heterocycles. The number of aromatic hydroxyl groups is 2. The Morgan fingerprint density at radius 2 is 1.67 bits per heavy atom. The number of piperazine rings is 1. The molecule has 0 bridgehead atoms. The monoisotopic (exact) mass is 304 g/mol. The molecule has 1 atom stereocenters. The van der Waals surface area contributed by atoms with Crippen LogP contribution in [-0.4, -0.2) is 47.5 Å². The second-order valence-corrected chi connectivity index (χ2v) is 5.24. The van der Waals surface area contributed by atoms with E-state index in [1.165, 1.54) is 18.2 Å². The zero-order valence-corrected chi connectivity index (χ0v) is 11.5. The first-order valence-corrected chi connectivity index (χ1v) is 6.89. The zero-order valence-electron chi connectivity index (χ0n) is 11.5. The van der Waals surface area contributed by atoms with E-state index >= 15 is 0 Å². The first-order valence-electron chi connectivity index (χ1n) is 6.89. The number of alkyl halides is 3. The number of hydrogen-bond acceptors (Lipinski definition) is 4. The summed E-state index contributed by atoms with van der Waals surface area (Å²) in [6.07, 6.45) is -5.20. The molecule has 1 saturated heterocycles. The highest BCUT2D eigenvalue weighted by Gasteiger charge is 2.31. The number of nitrogens with one attached hydrogen (secondary N) is 1. The molecule has 0 aliphatic carbocycles. The summed E-state index contributed by atoms with van der Waals surface area (Å²) in [4.78, 5) is 1.95. The highest BCUT2D eigenvalue weighted by molar-refractivity contribution is 5.38. The molecule has 0 unspecified atom stereocenters. The van der Waals surface area contributed by atoms with Gasteiger partial charge in [0.05, 0.1) is 0 Å². The van der Waals surface area contributed by atoms with Crippen molar-refractivity contribution in [1.29, 1.82) is 0 Å². The number of halogens is 3. The first-order chi connectivity index (χ1) is 9.85. The molecule has 1 aliphatic heterocycles. The van der Waals surface area contributed by atoms with Gasteiger partial charge in [0.15, 0.2) is 0 Å². The summed E-state index contributed by atoms with van der Waals surface area (Å²) >= 11 is 0. The Morgan fingerprint density at radius 3 is 2.19 bits per heavy atom. The molecular formula is C14H19F3N2O2. The van der Waals surface area contributed by atoms with Crippen LogP contribution in [0.15, 0.2) is 18.2 Å².